The van der Waals surface area contributed by atoms with Crippen molar-refractivity contribution in [2.24, 2.45) is 10.2 Å². The standard InChI is InChI=1S/C26H25N5O/c1-2-3-4-5-18-32-26-12-8-24(9-13-26)30-29-23-6-10-25(11-7-23)31-16-14-21(15-17-31)22(19-27)20-28/h6-17H,2-5,18H2,1H3. The zero-order chi connectivity index (χ0) is 22.6. The molecule has 160 valence electrons. The van der Waals surface area contributed by atoms with Crippen molar-refractivity contribution < 1.29 is 4.74 Å². The van der Waals surface area contributed by atoms with Crippen LogP contribution in [0, 0.1) is 22.7 Å². The molecule has 1 aliphatic rings. The second kappa shape index (κ2) is 11.9. The first-order chi connectivity index (χ1) is 15.7. The fourth-order valence-electron chi connectivity index (χ4n) is 3.05. The molecular formula is C26H25N5O. The Balaban J connectivity index is 1.54. The Morgan fingerprint density at radius 1 is 0.844 bits per heavy atom. The maximum absolute atomic E-state index is 8.96. The topological polar surface area (TPSA) is 84.8 Å². The van der Waals surface area contributed by atoms with Gasteiger partial charge in [0.1, 0.15) is 23.5 Å². The molecule has 6 nitrogen and oxygen atoms in total. The van der Waals surface area contributed by atoms with Crippen molar-refractivity contribution >= 4 is 17.1 Å². The van der Waals surface area contributed by atoms with E-state index in [-0.39, 0.29) is 5.57 Å². The molecule has 0 fully saturated rings. The minimum atomic E-state index is 0.0967. The fourth-order valence-corrected chi connectivity index (χ4v) is 3.05. The molecule has 32 heavy (non-hydrogen) atoms. The summed E-state index contributed by atoms with van der Waals surface area (Å²) in [4.78, 5) is 1.90. The Bertz CT molecular complexity index is 1060. The number of nitrogens with zero attached hydrogens (tertiary/aromatic N) is 5. The van der Waals surface area contributed by atoms with Gasteiger partial charge in [-0.25, -0.2) is 0 Å². The van der Waals surface area contributed by atoms with E-state index < -0.39 is 0 Å². The van der Waals surface area contributed by atoms with E-state index >= 15 is 0 Å². The lowest BCUT2D eigenvalue weighted by molar-refractivity contribution is 0.305. The minimum Gasteiger partial charge on any atom is -0.494 e. The highest BCUT2D eigenvalue weighted by Crippen LogP contribution is 2.26. The van der Waals surface area contributed by atoms with Crippen LogP contribution in [0.5, 0.6) is 5.75 Å². The highest BCUT2D eigenvalue weighted by molar-refractivity contribution is 5.61. The van der Waals surface area contributed by atoms with Gasteiger partial charge in [-0.05, 0) is 67.1 Å². The van der Waals surface area contributed by atoms with E-state index in [2.05, 4.69) is 17.2 Å². The monoisotopic (exact) mass is 423 g/mol. The number of unbranched alkanes of at least 4 members (excludes halogenated alkanes) is 3. The second-order valence-electron chi connectivity index (χ2n) is 7.21. The number of hydrogen-bond donors (Lipinski definition) is 0. The summed E-state index contributed by atoms with van der Waals surface area (Å²) in [6.07, 6.45) is 11.9. The molecule has 0 unspecified atom stereocenters. The summed E-state index contributed by atoms with van der Waals surface area (Å²) in [5, 5.41) is 26.5. The highest BCUT2D eigenvalue weighted by Gasteiger charge is 2.07. The second-order valence-corrected chi connectivity index (χ2v) is 7.21. The van der Waals surface area contributed by atoms with E-state index in [4.69, 9.17) is 15.3 Å². The van der Waals surface area contributed by atoms with Crippen molar-refractivity contribution in [1.82, 2.24) is 0 Å². The van der Waals surface area contributed by atoms with Gasteiger partial charge in [0.25, 0.3) is 0 Å². The van der Waals surface area contributed by atoms with Crippen molar-refractivity contribution in [3.8, 4) is 17.9 Å². The Kier molecular flexibility index (Phi) is 8.36. The van der Waals surface area contributed by atoms with Crippen molar-refractivity contribution in [2.75, 3.05) is 11.5 Å². The quantitative estimate of drug-likeness (QED) is 0.241. The predicted molar refractivity (Wildman–Crippen MR) is 126 cm³/mol. The van der Waals surface area contributed by atoms with Crippen LogP contribution in [0.1, 0.15) is 32.6 Å². The zero-order valence-electron chi connectivity index (χ0n) is 18.1. The Labute approximate surface area is 189 Å². The molecule has 2 aromatic carbocycles. The normalized spacial score (nSPS) is 12.6. The molecule has 1 aliphatic heterocycles. The summed E-state index contributed by atoms with van der Waals surface area (Å²) < 4.78 is 5.75. The van der Waals surface area contributed by atoms with Crippen molar-refractivity contribution in [3.05, 3.63) is 84.2 Å². The van der Waals surface area contributed by atoms with Crippen LogP contribution in [-0.4, -0.2) is 6.61 Å². The van der Waals surface area contributed by atoms with Gasteiger partial charge in [0.05, 0.1) is 18.0 Å². The third-order valence-corrected chi connectivity index (χ3v) is 4.87. The lowest BCUT2D eigenvalue weighted by Crippen LogP contribution is -2.09. The lowest BCUT2D eigenvalue weighted by atomic mass is 10.1. The van der Waals surface area contributed by atoms with Gasteiger partial charge in [0.15, 0.2) is 0 Å². The maximum atomic E-state index is 8.96. The van der Waals surface area contributed by atoms with E-state index in [9.17, 15) is 0 Å². The SMILES string of the molecule is CCCCCCOc1ccc(N=Nc2ccc(N3C=CC(=C(C#N)C#N)C=C3)cc2)cc1. The van der Waals surface area contributed by atoms with Gasteiger partial charge in [0.2, 0.25) is 0 Å². The Hall–Kier alpha value is -4.16. The van der Waals surface area contributed by atoms with Gasteiger partial charge in [-0.15, -0.1) is 0 Å². The fraction of sp³-hybridized carbons (Fsp3) is 0.231. The number of benzene rings is 2. The van der Waals surface area contributed by atoms with Crippen LogP contribution in [0.25, 0.3) is 0 Å². The van der Waals surface area contributed by atoms with Crippen LogP contribution in [0.15, 0.2) is 94.5 Å². The van der Waals surface area contributed by atoms with Gasteiger partial charge in [-0.1, -0.05) is 26.2 Å². The van der Waals surface area contributed by atoms with E-state index in [1.807, 2.05) is 78.0 Å². The van der Waals surface area contributed by atoms with E-state index in [1.54, 1.807) is 12.2 Å². The average molecular weight is 424 g/mol. The number of azo groups is 1. The van der Waals surface area contributed by atoms with E-state index in [1.165, 1.54) is 19.3 Å². The first-order valence-corrected chi connectivity index (χ1v) is 10.7. The molecule has 0 atom stereocenters. The van der Waals surface area contributed by atoms with Crippen LogP contribution in [0.3, 0.4) is 0 Å². The molecule has 3 rings (SSSR count). The molecule has 6 heteroatoms. The molecular weight excluding hydrogens is 398 g/mol. The van der Waals surface area contributed by atoms with E-state index in [0.29, 0.717) is 5.57 Å². The van der Waals surface area contributed by atoms with Crippen LogP contribution >= 0.6 is 0 Å². The van der Waals surface area contributed by atoms with Crippen molar-refractivity contribution in [3.63, 3.8) is 0 Å². The smallest absolute Gasteiger partial charge is 0.136 e. The highest BCUT2D eigenvalue weighted by atomic mass is 16.5. The van der Waals surface area contributed by atoms with Crippen molar-refractivity contribution in [2.45, 2.75) is 32.6 Å². The van der Waals surface area contributed by atoms with Gasteiger partial charge < -0.3 is 9.64 Å². The number of ether oxygens (including phenoxy) is 1. The zero-order valence-corrected chi connectivity index (χ0v) is 18.1. The van der Waals surface area contributed by atoms with Crippen LogP contribution in [0.4, 0.5) is 17.1 Å². The summed E-state index contributed by atoms with van der Waals surface area (Å²) >= 11 is 0. The average Bonchev–Trinajstić information content (AvgIpc) is 2.85. The summed E-state index contributed by atoms with van der Waals surface area (Å²) in [6, 6.07) is 19.0. The molecule has 2 aromatic rings. The molecule has 0 saturated carbocycles. The first-order valence-electron chi connectivity index (χ1n) is 10.7. The maximum Gasteiger partial charge on any atom is 0.136 e. The van der Waals surface area contributed by atoms with Crippen molar-refractivity contribution in [1.29, 1.82) is 10.5 Å². The first kappa shape index (κ1) is 22.5. The van der Waals surface area contributed by atoms with Crippen LogP contribution in [0.2, 0.25) is 0 Å². The molecule has 0 bridgehead atoms. The lowest BCUT2D eigenvalue weighted by Gasteiger charge is -2.18. The molecule has 0 saturated heterocycles. The molecule has 0 N–H and O–H groups in total. The van der Waals surface area contributed by atoms with Gasteiger partial charge >= 0.3 is 0 Å². The molecule has 0 amide bonds. The Morgan fingerprint density at radius 2 is 1.44 bits per heavy atom. The summed E-state index contributed by atoms with van der Waals surface area (Å²) in [6.45, 7) is 2.94. The number of hydrogen-bond acceptors (Lipinski definition) is 6. The number of rotatable bonds is 9. The number of nitriles is 2. The largest absolute Gasteiger partial charge is 0.494 e. The molecule has 0 aromatic heterocycles. The predicted octanol–water partition coefficient (Wildman–Crippen LogP) is 7.25. The number of anilines is 1. The summed E-state index contributed by atoms with van der Waals surface area (Å²) in [5.74, 6) is 0.849. The third-order valence-electron chi connectivity index (χ3n) is 4.87. The van der Waals surface area contributed by atoms with Gasteiger partial charge in [-0.2, -0.15) is 20.8 Å². The summed E-state index contributed by atoms with van der Waals surface area (Å²) in [5.41, 5.74) is 3.14. The molecule has 1 heterocycles. The minimum absolute atomic E-state index is 0.0967. The molecule has 0 aliphatic carbocycles. The van der Waals surface area contributed by atoms with Gasteiger partial charge in [-0.3, -0.25) is 0 Å². The van der Waals surface area contributed by atoms with Gasteiger partial charge in [0, 0.05) is 23.7 Å². The molecule has 0 spiro atoms. The Morgan fingerprint density at radius 3 is 2.00 bits per heavy atom. The number of allylic oxidation sites excluding steroid dienone is 4. The van der Waals surface area contributed by atoms with Crippen LogP contribution < -0.4 is 9.64 Å². The van der Waals surface area contributed by atoms with E-state index in [0.717, 1.165) is 35.8 Å². The summed E-state index contributed by atoms with van der Waals surface area (Å²) in [7, 11) is 0. The third kappa shape index (κ3) is 6.42. The van der Waals surface area contributed by atoms with Crippen LogP contribution in [-0.2, 0) is 0 Å². The molecule has 0 radical (unpaired) electrons.